The fourth-order valence-corrected chi connectivity index (χ4v) is 1.66. The summed E-state index contributed by atoms with van der Waals surface area (Å²) >= 11 is 0. The van der Waals surface area contributed by atoms with E-state index in [2.05, 4.69) is 5.32 Å². The highest BCUT2D eigenvalue weighted by molar-refractivity contribution is 5.75. The van der Waals surface area contributed by atoms with Gasteiger partial charge in [-0.2, -0.15) is 0 Å². The Morgan fingerprint density at radius 2 is 2.21 bits per heavy atom. The Hall–Kier alpha value is -1.59. The number of methoxy groups -OCH3 is 1. The van der Waals surface area contributed by atoms with E-state index < -0.39 is 12.0 Å². The van der Waals surface area contributed by atoms with Crippen molar-refractivity contribution >= 4 is 5.97 Å². The second-order valence-electron chi connectivity index (χ2n) is 4.14. The lowest BCUT2D eigenvalue weighted by molar-refractivity contribution is -0.139. The lowest BCUT2D eigenvalue weighted by atomic mass is 10.1. The van der Waals surface area contributed by atoms with E-state index in [0.717, 1.165) is 6.42 Å². The van der Waals surface area contributed by atoms with E-state index in [1.54, 1.807) is 25.3 Å². The Balaban J connectivity index is 2.74. The molecule has 0 fully saturated rings. The maximum atomic E-state index is 11.3. The van der Waals surface area contributed by atoms with Crippen LogP contribution in [0, 0.1) is 0 Å². The number of carboxylic acid groups (broad SMARTS) is 1. The van der Waals surface area contributed by atoms with E-state index in [4.69, 9.17) is 9.47 Å². The molecule has 0 amide bonds. The van der Waals surface area contributed by atoms with Crippen molar-refractivity contribution in [1.82, 2.24) is 5.32 Å². The maximum Gasteiger partial charge on any atom is 0.325 e. The molecule has 0 aliphatic rings. The average Bonchev–Trinajstić information content (AvgIpc) is 2.41. The van der Waals surface area contributed by atoms with Crippen LogP contribution in [-0.4, -0.2) is 37.9 Å². The molecule has 0 aliphatic carbocycles. The molecule has 0 spiro atoms. The molecule has 19 heavy (non-hydrogen) atoms. The topological polar surface area (TPSA) is 67.8 Å². The average molecular weight is 267 g/mol. The van der Waals surface area contributed by atoms with Crippen LogP contribution in [0.15, 0.2) is 24.3 Å². The first-order chi connectivity index (χ1) is 9.19. The number of rotatable bonds is 9. The van der Waals surface area contributed by atoms with Crippen LogP contribution in [0.5, 0.6) is 5.75 Å². The lowest BCUT2D eigenvalue weighted by Crippen LogP contribution is -2.31. The summed E-state index contributed by atoms with van der Waals surface area (Å²) in [5.41, 5.74) is 0.678. The van der Waals surface area contributed by atoms with Gasteiger partial charge >= 0.3 is 5.97 Å². The Morgan fingerprint density at radius 3 is 2.84 bits per heavy atom. The van der Waals surface area contributed by atoms with Crippen molar-refractivity contribution in [2.24, 2.45) is 0 Å². The number of hydrogen-bond acceptors (Lipinski definition) is 4. The molecule has 0 bridgehead atoms. The van der Waals surface area contributed by atoms with Crippen LogP contribution in [0.4, 0.5) is 0 Å². The molecule has 1 unspecified atom stereocenters. The minimum Gasteiger partial charge on any atom is -0.494 e. The Morgan fingerprint density at radius 1 is 1.42 bits per heavy atom. The molecule has 1 rings (SSSR count). The molecule has 106 valence electrons. The smallest absolute Gasteiger partial charge is 0.325 e. The van der Waals surface area contributed by atoms with E-state index in [1.165, 1.54) is 0 Å². The second kappa shape index (κ2) is 8.50. The first-order valence-electron chi connectivity index (χ1n) is 6.37. The summed E-state index contributed by atoms with van der Waals surface area (Å²) in [5.74, 6) is -0.220. The van der Waals surface area contributed by atoms with Crippen molar-refractivity contribution in [1.29, 1.82) is 0 Å². The predicted molar refractivity (Wildman–Crippen MR) is 72.5 cm³/mol. The van der Waals surface area contributed by atoms with E-state index in [0.29, 0.717) is 31.1 Å². The van der Waals surface area contributed by atoms with Gasteiger partial charge in [0.05, 0.1) is 13.2 Å². The first kappa shape index (κ1) is 15.5. The van der Waals surface area contributed by atoms with Gasteiger partial charge in [-0.3, -0.25) is 10.1 Å². The highest BCUT2D eigenvalue weighted by Gasteiger charge is 2.19. The van der Waals surface area contributed by atoms with Gasteiger partial charge in [0.15, 0.2) is 0 Å². The van der Waals surface area contributed by atoms with Crippen LogP contribution in [0.25, 0.3) is 0 Å². The zero-order valence-corrected chi connectivity index (χ0v) is 11.4. The molecule has 5 nitrogen and oxygen atoms in total. The highest BCUT2D eigenvalue weighted by Crippen LogP contribution is 2.19. The van der Waals surface area contributed by atoms with Gasteiger partial charge in [0, 0.05) is 13.7 Å². The summed E-state index contributed by atoms with van der Waals surface area (Å²) in [4.78, 5) is 11.3. The number of benzene rings is 1. The van der Waals surface area contributed by atoms with E-state index in [-0.39, 0.29) is 0 Å². The van der Waals surface area contributed by atoms with Crippen molar-refractivity contribution < 1.29 is 19.4 Å². The van der Waals surface area contributed by atoms with E-state index >= 15 is 0 Å². The van der Waals surface area contributed by atoms with Gasteiger partial charge in [-0.1, -0.05) is 19.1 Å². The summed E-state index contributed by atoms with van der Waals surface area (Å²) < 4.78 is 10.4. The Bertz CT molecular complexity index is 395. The minimum absolute atomic E-state index is 0.468. The van der Waals surface area contributed by atoms with Crippen LogP contribution in [-0.2, 0) is 9.53 Å². The number of aliphatic carboxylic acids is 1. The lowest BCUT2D eigenvalue weighted by Gasteiger charge is -2.15. The third-order valence-electron chi connectivity index (χ3n) is 2.57. The Kier molecular flexibility index (Phi) is 6.92. The SMILES string of the molecule is CCCOc1cccc(C(NCCOC)C(=O)O)c1. The standard InChI is InChI=1S/C14H21NO4/c1-3-8-19-12-6-4-5-11(10-12)13(14(16)17)15-7-9-18-2/h4-6,10,13,15H,3,7-9H2,1-2H3,(H,16,17). The number of nitrogens with one attached hydrogen (secondary N) is 1. The van der Waals surface area contributed by atoms with Gasteiger partial charge in [-0.25, -0.2) is 0 Å². The molecule has 0 heterocycles. The molecule has 5 heteroatoms. The van der Waals surface area contributed by atoms with Crippen LogP contribution >= 0.6 is 0 Å². The highest BCUT2D eigenvalue weighted by atomic mass is 16.5. The number of carbonyl (C=O) groups is 1. The molecule has 0 aromatic heterocycles. The van der Waals surface area contributed by atoms with Gasteiger partial charge in [-0.05, 0) is 24.1 Å². The fourth-order valence-electron chi connectivity index (χ4n) is 1.66. The second-order valence-corrected chi connectivity index (χ2v) is 4.14. The Labute approximate surface area is 113 Å². The summed E-state index contributed by atoms with van der Waals surface area (Å²) in [6.07, 6.45) is 0.915. The zero-order chi connectivity index (χ0) is 14.1. The molecule has 0 saturated carbocycles. The summed E-state index contributed by atoms with van der Waals surface area (Å²) in [5, 5.41) is 12.2. The third-order valence-corrected chi connectivity index (χ3v) is 2.57. The summed E-state index contributed by atoms with van der Waals surface area (Å²) in [7, 11) is 1.58. The number of ether oxygens (including phenoxy) is 2. The number of hydrogen-bond donors (Lipinski definition) is 2. The number of carboxylic acids is 1. The van der Waals surface area contributed by atoms with Crippen molar-refractivity contribution in [2.75, 3.05) is 26.9 Å². The monoisotopic (exact) mass is 267 g/mol. The molecular weight excluding hydrogens is 246 g/mol. The molecule has 2 N–H and O–H groups in total. The zero-order valence-electron chi connectivity index (χ0n) is 11.4. The van der Waals surface area contributed by atoms with Gasteiger partial charge < -0.3 is 14.6 Å². The molecule has 0 radical (unpaired) electrons. The predicted octanol–water partition coefficient (Wildman–Crippen LogP) is 1.84. The fraction of sp³-hybridized carbons (Fsp3) is 0.500. The van der Waals surface area contributed by atoms with Crippen LogP contribution in [0.1, 0.15) is 24.9 Å². The van der Waals surface area contributed by atoms with Crippen LogP contribution < -0.4 is 10.1 Å². The van der Waals surface area contributed by atoms with Gasteiger partial charge in [0.1, 0.15) is 11.8 Å². The van der Waals surface area contributed by atoms with Crippen molar-refractivity contribution in [3.63, 3.8) is 0 Å². The van der Waals surface area contributed by atoms with Gasteiger partial charge in [-0.15, -0.1) is 0 Å². The maximum absolute atomic E-state index is 11.3. The quantitative estimate of drug-likeness (QED) is 0.668. The summed E-state index contributed by atoms with van der Waals surface area (Å²) in [6, 6.07) is 6.41. The first-order valence-corrected chi connectivity index (χ1v) is 6.37. The van der Waals surface area contributed by atoms with Crippen molar-refractivity contribution in [3.05, 3.63) is 29.8 Å². The van der Waals surface area contributed by atoms with Gasteiger partial charge in [0.25, 0.3) is 0 Å². The van der Waals surface area contributed by atoms with Crippen LogP contribution in [0.3, 0.4) is 0 Å². The van der Waals surface area contributed by atoms with E-state index in [9.17, 15) is 9.90 Å². The van der Waals surface area contributed by atoms with Gasteiger partial charge in [0.2, 0.25) is 0 Å². The molecule has 0 aliphatic heterocycles. The summed E-state index contributed by atoms with van der Waals surface area (Å²) in [6.45, 7) is 3.60. The van der Waals surface area contributed by atoms with Crippen molar-refractivity contribution in [2.45, 2.75) is 19.4 Å². The third kappa shape index (κ3) is 5.28. The molecule has 1 aromatic rings. The molecular formula is C14H21NO4. The molecule has 1 atom stereocenters. The van der Waals surface area contributed by atoms with Crippen LogP contribution in [0.2, 0.25) is 0 Å². The van der Waals surface area contributed by atoms with Crippen molar-refractivity contribution in [3.8, 4) is 5.75 Å². The molecule has 1 aromatic carbocycles. The largest absolute Gasteiger partial charge is 0.494 e. The minimum atomic E-state index is -0.913. The van der Waals surface area contributed by atoms with E-state index in [1.807, 2.05) is 13.0 Å². The molecule has 0 saturated heterocycles. The normalized spacial score (nSPS) is 12.1.